The van der Waals surface area contributed by atoms with Crippen LogP contribution in [0.15, 0.2) is 79.3 Å². The molecule has 36 heavy (non-hydrogen) atoms. The number of amides is 1. The van der Waals surface area contributed by atoms with Crippen LogP contribution in [0.3, 0.4) is 0 Å². The van der Waals surface area contributed by atoms with Crippen molar-refractivity contribution in [3.63, 3.8) is 0 Å². The number of nitrogens with zero attached hydrogens (tertiary/aromatic N) is 4. The fourth-order valence-corrected chi connectivity index (χ4v) is 3.25. The molecule has 1 aliphatic rings. The second-order valence-electron chi connectivity index (χ2n) is 7.47. The molecule has 0 unspecified atom stereocenters. The first kappa shape index (κ1) is 12.7. The molecule has 1 saturated heterocycles. The summed E-state index contributed by atoms with van der Waals surface area (Å²) in [6.45, 7) is -18.8. The molecule has 2 aromatic heterocycles. The summed E-state index contributed by atoms with van der Waals surface area (Å²) in [7, 11) is 0. The molecule has 182 valence electrons. The van der Waals surface area contributed by atoms with Crippen LogP contribution in [0.5, 0.6) is 0 Å². The third-order valence-electron chi connectivity index (χ3n) is 4.99. The average Bonchev–Trinajstić information content (AvgIpc) is 2.99. The van der Waals surface area contributed by atoms with Gasteiger partial charge in [-0.15, -0.1) is 0 Å². The first-order chi connectivity index (χ1) is 22.6. The highest BCUT2D eigenvalue weighted by molar-refractivity contribution is 6.04. The molecule has 3 heterocycles. The maximum absolute atomic E-state index is 13.2. The Labute approximate surface area is 229 Å². The van der Waals surface area contributed by atoms with Crippen molar-refractivity contribution < 1.29 is 22.6 Å². The SMILES string of the molecule is [2H]C([2H])([2H])c1ccc(NC(=O)c2ccc(C([2H])([2H])N3C([2H])([2H])C([2H])([2H])NC([2H])([2H])C3([2H])[2H])cc2)cc1Nc1nccc(-c2cccnc2)n1. The number of nitrogens with one attached hydrogen (secondary N) is 3. The van der Waals surface area contributed by atoms with Crippen molar-refractivity contribution in [3.8, 4) is 11.3 Å². The molecule has 0 saturated carbocycles. The van der Waals surface area contributed by atoms with Crippen LogP contribution >= 0.6 is 0 Å². The maximum atomic E-state index is 13.2. The van der Waals surface area contributed by atoms with E-state index in [-0.39, 0.29) is 38.9 Å². The molecule has 3 N–H and O–H groups in total. The van der Waals surface area contributed by atoms with Crippen molar-refractivity contribution in [2.24, 2.45) is 0 Å². The lowest BCUT2D eigenvalue weighted by molar-refractivity contribution is 0.102. The molecule has 4 aromatic rings. The minimum Gasteiger partial charge on any atom is -0.324 e. The van der Waals surface area contributed by atoms with Crippen molar-refractivity contribution in [1.82, 2.24) is 25.2 Å². The van der Waals surface area contributed by atoms with Gasteiger partial charge in [-0.2, -0.15) is 0 Å². The molecule has 1 fully saturated rings. The average molecular weight is 493 g/mol. The Morgan fingerprint density at radius 1 is 1.14 bits per heavy atom. The second-order valence-corrected chi connectivity index (χ2v) is 7.47. The summed E-state index contributed by atoms with van der Waals surface area (Å²) in [6, 6.07) is 13.7. The quantitative estimate of drug-likeness (QED) is 0.355. The van der Waals surface area contributed by atoms with Crippen molar-refractivity contribution in [3.05, 3.63) is 95.9 Å². The molecule has 8 nitrogen and oxygen atoms in total. The van der Waals surface area contributed by atoms with E-state index in [2.05, 4.69) is 25.6 Å². The van der Waals surface area contributed by atoms with Crippen LogP contribution in [0.1, 0.15) is 39.3 Å². The number of carbonyl (C=O) groups is 1. The molecule has 0 bridgehead atoms. The summed E-state index contributed by atoms with van der Waals surface area (Å²) in [4.78, 5) is 25.8. The van der Waals surface area contributed by atoms with Gasteiger partial charge in [0, 0.05) is 91.4 Å². The molecule has 2 aromatic carbocycles. The summed E-state index contributed by atoms with van der Waals surface area (Å²) in [5.74, 6) is -0.616. The Morgan fingerprint density at radius 2 is 2.00 bits per heavy atom. The van der Waals surface area contributed by atoms with Gasteiger partial charge < -0.3 is 16.0 Å². The van der Waals surface area contributed by atoms with E-state index in [9.17, 15) is 4.79 Å². The third kappa shape index (κ3) is 5.91. The van der Waals surface area contributed by atoms with Crippen LogP contribution in [-0.2, 0) is 6.50 Å². The molecular formula is C28H29N7O. The number of anilines is 3. The molecule has 0 spiro atoms. The largest absolute Gasteiger partial charge is 0.324 e. The van der Waals surface area contributed by atoms with E-state index in [4.69, 9.17) is 17.8 Å². The minimum atomic E-state index is -3.38. The van der Waals surface area contributed by atoms with Crippen LogP contribution in [0.2, 0.25) is 0 Å². The Morgan fingerprint density at radius 3 is 2.78 bits per heavy atom. The minimum absolute atomic E-state index is 0.0153. The van der Waals surface area contributed by atoms with Gasteiger partial charge in [0.2, 0.25) is 5.95 Å². The second kappa shape index (κ2) is 11.1. The van der Waals surface area contributed by atoms with Gasteiger partial charge >= 0.3 is 0 Å². The van der Waals surface area contributed by atoms with Crippen LogP contribution in [0.25, 0.3) is 11.3 Å². The summed E-state index contributed by atoms with van der Waals surface area (Å²) in [5.41, 5.74) is 1.02. The van der Waals surface area contributed by atoms with E-state index < -0.39 is 45.2 Å². The van der Waals surface area contributed by atoms with E-state index in [1.54, 1.807) is 35.9 Å². The predicted molar refractivity (Wildman–Crippen MR) is 142 cm³/mol. The van der Waals surface area contributed by atoms with E-state index in [0.29, 0.717) is 11.3 Å². The molecule has 0 radical (unpaired) electrons. The van der Waals surface area contributed by atoms with Gasteiger partial charge in [-0.1, -0.05) is 18.2 Å². The van der Waals surface area contributed by atoms with E-state index in [0.717, 1.165) is 12.1 Å². The van der Waals surface area contributed by atoms with Gasteiger partial charge in [0.15, 0.2) is 0 Å². The molecular weight excluding hydrogens is 450 g/mol. The number of carbonyl (C=O) groups excluding carboxylic acids is 1. The Balaban J connectivity index is 1.40. The van der Waals surface area contributed by atoms with Crippen molar-refractivity contribution in [2.75, 3.05) is 36.6 Å². The standard InChI is InChI=1S/C28H29N7O/c1-20-4-9-24(17-26(20)34-28-31-12-10-25(33-28)23-3-2-11-30-18-23)32-27(36)22-7-5-21(6-8-22)19-35-15-13-29-14-16-35/h2-12,17-18,29H,13-16,19H2,1H3,(H,32,36)(H,31,33,34)/i1D3,13D2,14D2,15D2,16D2,19D2. The summed E-state index contributed by atoms with van der Waals surface area (Å²) in [5, 5.41) is 7.19. The number of hydrogen-bond donors (Lipinski definition) is 3. The first-order valence-electron chi connectivity index (χ1n) is 17.2. The number of benzene rings is 2. The zero-order chi connectivity index (χ0) is 36.2. The molecule has 0 atom stereocenters. The van der Waals surface area contributed by atoms with E-state index in [1.807, 2.05) is 0 Å². The lowest BCUT2D eigenvalue weighted by atomic mass is 10.1. The number of piperazine rings is 1. The van der Waals surface area contributed by atoms with Crippen molar-refractivity contribution >= 4 is 23.2 Å². The van der Waals surface area contributed by atoms with Crippen molar-refractivity contribution in [1.29, 1.82) is 0 Å². The van der Waals surface area contributed by atoms with Crippen LogP contribution in [-0.4, -0.2) is 51.7 Å². The molecule has 1 aliphatic heterocycles. The van der Waals surface area contributed by atoms with Gasteiger partial charge in [0.25, 0.3) is 5.91 Å². The molecule has 5 rings (SSSR count). The van der Waals surface area contributed by atoms with Crippen LogP contribution in [0, 0.1) is 6.85 Å². The van der Waals surface area contributed by atoms with Gasteiger partial charge in [-0.05, 0) is 60.4 Å². The summed E-state index contributed by atoms with van der Waals surface area (Å²) in [6.07, 6.45) is 4.70. The highest BCUT2D eigenvalue weighted by Gasteiger charge is 2.12. The number of pyridine rings is 1. The van der Waals surface area contributed by atoms with Gasteiger partial charge in [0.05, 0.1) is 5.69 Å². The van der Waals surface area contributed by atoms with Gasteiger partial charge in [-0.3, -0.25) is 14.7 Å². The Kier molecular flexibility index (Phi) is 3.91. The zero-order valence-corrected chi connectivity index (χ0v) is 18.7. The molecule has 8 heteroatoms. The fourth-order valence-electron chi connectivity index (χ4n) is 3.25. The number of rotatable bonds is 7. The Bertz CT molecular complexity index is 1830. The fraction of sp³-hybridized carbons (Fsp3) is 0.214. The maximum Gasteiger partial charge on any atom is 0.255 e. The lowest BCUT2D eigenvalue weighted by Crippen LogP contribution is -2.42. The topological polar surface area (TPSA) is 95.1 Å². The Hall–Kier alpha value is -4.14. The normalized spacial score (nSPS) is 25.5. The van der Waals surface area contributed by atoms with E-state index in [1.165, 1.54) is 36.5 Å². The lowest BCUT2D eigenvalue weighted by Gasteiger charge is -2.27. The zero-order valence-electron chi connectivity index (χ0n) is 31.7. The molecule has 1 amide bonds. The summed E-state index contributed by atoms with van der Waals surface area (Å²) < 4.78 is 106. The number of aryl methyl sites for hydroxylation is 1. The van der Waals surface area contributed by atoms with Crippen molar-refractivity contribution in [2.45, 2.75) is 13.3 Å². The third-order valence-corrected chi connectivity index (χ3v) is 4.99. The summed E-state index contributed by atoms with van der Waals surface area (Å²) >= 11 is 0. The predicted octanol–water partition coefficient (Wildman–Crippen LogP) is 4.25. The smallest absolute Gasteiger partial charge is 0.255 e. The first-order valence-corrected chi connectivity index (χ1v) is 10.7. The van der Waals surface area contributed by atoms with Crippen LogP contribution < -0.4 is 16.0 Å². The van der Waals surface area contributed by atoms with Gasteiger partial charge in [0.1, 0.15) is 0 Å². The van der Waals surface area contributed by atoms with E-state index >= 15 is 0 Å². The number of aromatic nitrogens is 3. The van der Waals surface area contributed by atoms with Crippen LogP contribution in [0.4, 0.5) is 17.3 Å². The molecule has 0 aliphatic carbocycles. The monoisotopic (exact) mass is 492 g/mol. The highest BCUT2D eigenvalue weighted by atomic mass is 16.1. The number of hydrogen-bond acceptors (Lipinski definition) is 7. The highest BCUT2D eigenvalue weighted by Crippen LogP contribution is 2.24. The van der Waals surface area contributed by atoms with Gasteiger partial charge in [-0.25, -0.2) is 9.97 Å².